The molecule has 158 valence electrons. The minimum absolute atomic E-state index is 0.0264. The van der Waals surface area contributed by atoms with Gasteiger partial charge >= 0.3 is 0 Å². The van der Waals surface area contributed by atoms with Gasteiger partial charge in [0.05, 0.1) is 24.4 Å². The maximum Gasteiger partial charge on any atom is 0.231 e. The first-order valence-electron chi connectivity index (χ1n) is 10.2. The number of aromatic nitrogens is 2. The Morgan fingerprint density at radius 3 is 2.57 bits per heavy atom. The van der Waals surface area contributed by atoms with E-state index in [1.807, 2.05) is 44.2 Å². The second kappa shape index (κ2) is 9.51. The van der Waals surface area contributed by atoms with Crippen molar-refractivity contribution < 1.29 is 9.32 Å². The summed E-state index contributed by atoms with van der Waals surface area (Å²) < 4.78 is 5.32. The standard InChI is InChI=1S/C22H27N5O2S/c1-16-5-3-4-6-20(16)24-21(28)12-22-23-18(15-30-22)13-26-7-9-27(10-8-26)14-19-11-17(2)25-29-19/h3-6,11,15H,7-10,12-14H2,1-2H3,(H,24,28). The van der Waals surface area contributed by atoms with Crippen molar-refractivity contribution in [3.63, 3.8) is 0 Å². The summed E-state index contributed by atoms with van der Waals surface area (Å²) in [5.74, 6) is 0.899. The molecule has 1 N–H and O–H groups in total. The first kappa shape index (κ1) is 20.7. The Kier molecular flexibility index (Phi) is 6.56. The zero-order valence-electron chi connectivity index (χ0n) is 17.4. The second-order valence-corrected chi connectivity index (χ2v) is 8.70. The molecule has 8 heteroatoms. The van der Waals surface area contributed by atoms with E-state index < -0.39 is 0 Å². The van der Waals surface area contributed by atoms with Crippen LogP contribution >= 0.6 is 11.3 Å². The van der Waals surface area contributed by atoms with Crippen molar-refractivity contribution in [1.82, 2.24) is 19.9 Å². The van der Waals surface area contributed by atoms with Gasteiger partial charge in [-0.25, -0.2) is 4.98 Å². The maximum absolute atomic E-state index is 12.3. The van der Waals surface area contributed by atoms with E-state index in [1.165, 1.54) is 0 Å². The zero-order valence-corrected chi connectivity index (χ0v) is 18.2. The number of hydrogen-bond acceptors (Lipinski definition) is 7. The first-order valence-corrected chi connectivity index (χ1v) is 11.1. The van der Waals surface area contributed by atoms with Gasteiger partial charge in [0.2, 0.25) is 5.91 Å². The van der Waals surface area contributed by atoms with Crippen LogP contribution in [0.15, 0.2) is 40.2 Å². The number of rotatable bonds is 7. The third kappa shape index (κ3) is 5.53. The smallest absolute Gasteiger partial charge is 0.231 e. The lowest BCUT2D eigenvalue weighted by Gasteiger charge is -2.33. The molecule has 0 aliphatic carbocycles. The third-order valence-electron chi connectivity index (χ3n) is 5.24. The Balaban J connectivity index is 1.23. The van der Waals surface area contributed by atoms with E-state index in [4.69, 9.17) is 4.52 Å². The van der Waals surface area contributed by atoms with Crippen LogP contribution in [0.5, 0.6) is 0 Å². The summed E-state index contributed by atoms with van der Waals surface area (Å²) in [6.07, 6.45) is 0.309. The second-order valence-electron chi connectivity index (χ2n) is 7.76. The number of nitrogens with zero attached hydrogens (tertiary/aromatic N) is 4. The van der Waals surface area contributed by atoms with Crippen molar-refractivity contribution in [2.45, 2.75) is 33.4 Å². The molecule has 4 rings (SSSR count). The molecule has 0 saturated carbocycles. The number of anilines is 1. The van der Waals surface area contributed by atoms with Crippen LogP contribution in [-0.2, 0) is 24.3 Å². The molecule has 0 radical (unpaired) electrons. The van der Waals surface area contributed by atoms with Crippen molar-refractivity contribution in [3.8, 4) is 0 Å². The number of benzene rings is 1. The van der Waals surface area contributed by atoms with Gasteiger partial charge in [-0.15, -0.1) is 11.3 Å². The van der Waals surface area contributed by atoms with Gasteiger partial charge in [-0.3, -0.25) is 14.6 Å². The van der Waals surface area contributed by atoms with E-state index in [2.05, 4.69) is 30.6 Å². The fraction of sp³-hybridized carbons (Fsp3) is 0.409. The minimum atomic E-state index is -0.0264. The minimum Gasteiger partial charge on any atom is -0.360 e. The van der Waals surface area contributed by atoms with E-state index >= 15 is 0 Å². The van der Waals surface area contributed by atoms with Crippen molar-refractivity contribution in [2.75, 3.05) is 31.5 Å². The third-order valence-corrected chi connectivity index (χ3v) is 6.13. The highest BCUT2D eigenvalue weighted by atomic mass is 32.1. The van der Waals surface area contributed by atoms with Crippen molar-refractivity contribution in [3.05, 3.63) is 63.4 Å². The van der Waals surface area contributed by atoms with Crippen LogP contribution < -0.4 is 5.32 Å². The molecule has 1 saturated heterocycles. The van der Waals surface area contributed by atoms with Crippen LogP contribution in [0.2, 0.25) is 0 Å². The van der Waals surface area contributed by atoms with Gasteiger partial charge in [0, 0.05) is 49.9 Å². The summed E-state index contributed by atoms with van der Waals surface area (Å²) in [7, 11) is 0. The molecule has 1 aromatic carbocycles. The quantitative estimate of drug-likeness (QED) is 0.626. The molecule has 7 nitrogen and oxygen atoms in total. The molecular weight excluding hydrogens is 398 g/mol. The van der Waals surface area contributed by atoms with Gasteiger partial charge in [-0.2, -0.15) is 0 Å². The highest BCUT2D eigenvalue weighted by molar-refractivity contribution is 7.09. The summed E-state index contributed by atoms with van der Waals surface area (Å²) in [4.78, 5) is 21.8. The highest BCUT2D eigenvalue weighted by Gasteiger charge is 2.19. The summed E-state index contributed by atoms with van der Waals surface area (Å²) in [5, 5.41) is 9.86. The summed E-state index contributed by atoms with van der Waals surface area (Å²) in [6.45, 7) is 9.55. The first-order chi connectivity index (χ1) is 14.5. The topological polar surface area (TPSA) is 74.5 Å². The summed E-state index contributed by atoms with van der Waals surface area (Å²) in [6, 6.07) is 9.80. The van der Waals surface area contributed by atoms with Crippen LogP contribution in [0, 0.1) is 13.8 Å². The Morgan fingerprint density at radius 1 is 1.13 bits per heavy atom. The molecule has 0 unspecified atom stereocenters. The monoisotopic (exact) mass is 425 g/mol. The zero-order chi connectivity index (χ0) is 20.9. The maximum atomic E-state index is 12.3. The lowest BCUT2D eigenvalue weighted by Crippen LogP contribution is -2.45. The van der Waals surface area contributed by atoms with Crippen molar-refractivity contribution in [2.24, 2.45) is 0 Å². The molecule has 1 aliphatic rings. The van der Waals surface area contributed by atoms with Crippen molar-refractivity contribution in [1.29, 1.82) is 0 Å². The van der Waals surface area contributed by atoms with Crippen LogP contribution in [0.3, 0.4) is 0 Å². The van der Waals surface area contributed by atoms with E-state index in [0.29, 0.717) is 6.42 Å². The number of para-hydroxylation sites is 1. The number of carbonyl (C=O) groups is 1. The average Bonchev–Trinajstić information content (AvgIpc) is 3.33. The van der Waals surface area contributed by atoms with Crippen molar-refractivity contribution >= 4 is 22.9 Å². The number of amides is 1. The lowest BCUT2D eigenvalue weighted by atomic mass is 10.2. The van der Waals surface area contributed by atoms with E-state index in [9.17, 15) is 4.79 Å². The Labute approximate surface area is 180 Å². The summed E-state index contributed by atoms with van der Waals surface area (Å²) >= 11 is 1.56. The molecule has 1 aliphatic heterocycles. The Hall–Kier alpha value is -2.55. The Morgan fingerprint density at radius 2 is 1.87 bits per heavy atom. The fourth-order valence-corrected chi connectivity index (χ4v) is 4.38. The van der Waals surface area contributed by atoms with Crippen LogP contribution in [0.1, 0.15) is 27.7 Å². The number of thiazole rings is 1. The molecule has 1 amide bonds. The largest absolute Gasteiger partial charge is 0.360 e. The van der Waals surface area contributed by atoms with Gasteiger partial charge in [0.25, 0.3) is 0 Å². The van der Waals surface area contributed by atoms with Crippen LogP contribution in [0.4, 0.5) is 5.69 Å². The normalized spacial score (nSPS) is 15.4. The summed E-state index contributed by atoms with van der Waals surface area (Å²) in [5.41, 5.74) is 3.88. The average molecular weight is 426 g/mol. The Bertz CT molecular complexity index is 991. The highest BCUT2D eigenvalue weighted by Crippen LogP contribution is 2.17. The van der Waals surface area contributed by atoms with Gasteiger partial charge in [0.15, 0.2) is 5.76 Å². The molecular formula is C22H27N5O2S. The predicted molar refractivity (Wildman–Crippen MR) is 117 cm³/mol. The molecule has 0 spiro atoms. The van der Waals surface area contributed by atoms with Gasteiger partial charge in [-0.05, 0) is 25.5 Å². The van der Waals surface area contributed by atoms with E-state index in [0.717, 1.165) is 72.7 Å². The van der Waals surface area contributed by atoms with Crippen LogP contribution in [-0.4, -0.2) is 52.0 Å². The van der Waals surface area contributed by atoms with E-state index in [-0.39, 0.29) is 5.91 Å². The number of hydrogen-bond donors (Lipinski definition) is 1. The van der Waals surface area contributed by atoms with Gasteiger partial charge in [0.1, 0.15) is 5.01 Å². The SMILES string of the molecule is Cc1cc(CN2CCN(Cc3csc(CC(=O)Nc4ccccc4C)n3)CC2)on1. The number of piperazine rings is 1. The molecule has 2 aromatic heterocycles. The van der Waals surface area contributed by atoms with E-state index in [1.54, 1.807) is 11.3 Å². The number of aryl methyl sites for hydroxylation is 2. The molecule has 30 heavy (non-hydrogen) atoms. The number of carbonyl (C=O) groups excluding carboxylic acids is 1. The predicted octanol–water partition coefficient (Wildman–Crippen LogP) is 3.25. The molecule has 3 heterocycles. The molecule has 0 bridgehead atoms. The number of nitrogens with one attached hydrogen (secondary N) is 1. The lowest BCUT2D eigenvalue weighted by molar-refractivity contribution is -0.115. The van der Waals surface area contributed by atoms with Gasteiger partial charge < -0.3 is 9.84 Å². The molecule has 0 atom stereocenters. The van der Waals surface area contributed by atoms with Crippen LogP contribution in [0.25, 0.3) is 0 Å². The van der Waals surface area contributed by atoms with Gasteiger partial charge in [-0.1, -0.05) is 23.4 Å². The molecule has 3 aromatic rings. The molecule has 1 fully saturated rings. The fourth-order valence-electron chi connectivity index (χ4n) is 3.59.